The van der Waals surface area contributed by atoms with E-state index in [4.69, 9.17) is 5.73 Å². The molecule has 3 heteroatoms. The normalized spacial score (nSPS) is 23.4. The molecule has 18 heavy (non-hydrogen) atoms. The molecule has 0 aromatic rings. The molecule has 0 radical (unpaired) electrons. The average Bonchev–Trinajstić information content (AvgIpc) is 2.32. The Bertz CT molecular complexity index is 280. The Labute approximate surface area is 111 Å². The zero-order valence-electron chi connectivity index (χ0n) is 11.8. The van der Waals surface area contributed by atoms with Crippen molar-refractivity contribution in [2.24, 2.45) is 11.1 Å². The first-order valence-electron chi connectivity index (χ1n) is 7.68. The number of hydrogen-bond donors (Lipinski definition) is 1. The van der Waals surface area contributed by atoms with Crippen LogP contribution in [0.25, 0.3) is 0 Å². The molecule has 1 amide bonds. The van der Waals surface area contributed by atoms with Crippen molar-refractivity contribution >= 4 is 5.91 Å². The van der Waals surface area contributed by atoms with Gasteiger partial charge in [0.2, 0.25) is 5.91 Å². The monoisotopic (exact) mass is 252 g/mol. The molecular weight excluding hydrogens is 224 g/mol. The zero-order chi connectivity index (χ0) is 13.0. The molecule has 0 bridgehead atoms. The molecule has 2 aliphatic carbocycles. The Morgan fingerprint density at radius 1 is 1.22 bits per heavy atom. The maximum Gasteiger partial charge on any atom is 0.228 e. The number of nitrogens with two attached hydrogens (primary N) is 1. The highest BCUT2D eigenvalue weighted by atomic mass is 16.2. The lowest BCUT2D eigenvalue weighted by Crippen LogP contribution is -2.51. The SMILES string of the molecule is CC1(C(=O)N(CCCN)C2CCC2)CCCCC1. The third-order valence-corrected chi connectivity index (χ3v) is 4.85. The van der Waals surface area contributed by atoms with E-state index >= 15 is 0 Å². The largest absolute Gasteiger partial charge is 0.339 e. The molecule has 2 aliphatic rings. The van der Waals surface area contributed by atoms with E-state index in [1.807, 2.05) is 0 Å². The van der Waals surface area contributed by atoms with Gasteiger partial charge >= 0.3 is 0 Å². The molecule has 0 unspecified atom stereocenters. The highest BCUT2D eigenvalue weighted by molar-refractivity contribution is 5.82. The summed E-state index contributed by atoms with van der Waals surface area (Å²) in [5.41, 5.74) is 5.53. The van der Waals surface area contributed by atoms with E-state index in [9.17, 15) is 4.79 Å². The molecule has 0 atom stereocenters. The predicted molar refractivity (Wildman–Crippen MR) is 74.2 cm³/mol. The van der Waals surface area contributed by atoms with Crippen molar-refractivity contribution < 1.29 is 4.79 Å². The molecule has 2 N–H and O–H groups in total. The van der Waals surface area contributed by atoms with Crippen LogP contribution in [0.4, 0.5) is 0 Å². The Kier molecular flexibility index (Phi) is 4.66. The van der Waals surface area contributed by atoms with Gasteiger partial charge in [-0.05, 0) is 45.1 Å². The quantitative estimate of drug-likeness (QED) is 0.817. The summed E-state index contributed by atoms with van der Waals surface area (Å²) in [6.07, 6.45) is 10.5. The van der Waals surface area contributed by atoms with Crippen molar-refractivity contribution in [2.75, 3.05) is 13.1 Å². The van der Waals surface area contributed by atoms with E-state index in [2.05, 4.69) is 11.8 Å². The Balaban J connectivity index is 2.01. The van der Waals surface area contributed by atoms with Gasteiger partial charge in [0, 0.05) is 18.0 Å². The molecule has 0 aromatic heterocycles. The van der Waals surface area contributed by atoms with Crippen LogP contribution < -0.4 is 5.73 Å². The summed E-state index contributed by atoms with van der Waals surface area (Å²) in [7, 11) is 0. The maximum absolute atomic E-state index is 12.8. The maximum atomic E-state index is 12.8. The summed E-state index contributed by atoms with van der Waals surface area (Å²) in [6.45, 7) is 3.74. The van der Waals surface area contributed by atoms with Gasteiger partial charge in [-0.2, -0.15) is 0 Å². The van der Waals surface area contributed by atoms with E-state index in [1.165, 1.54) is 38.5 Å². The van der Waals surface area contributed by atoms with Crippen molar-refractivity contribution in [1.82, 2.24) is 4.90 Å². The van der Waals surface area contributed by atoms with Gasteiger partial charge in [-0.1, -0.05) is 26.2 Å². The van der Waals surface area contributed by atoms with Crippen LogP contribution in [0.5, 0.6) is 0 Å². The van der Waals surface area contributed by atoms with E-state index in [1.54, 1.807) is 0 Å². The van der Waals surface area contributed by atoms with Crippen molar-refractivity contribution in [2.45, 2.75) is 70.8 Å². The molecule has 2 fully saturated rings. The van der Waals surface area contributed by atoms with Crippen LogP contribution in [0, 0.1) is 5.41 Å². The smallest absolute Gasteiger partial charge is 0.228 e. The Hall–Kier alpha value is -0.570. The zero-order valence-corrected chi connectivity index (χ0v) is 11.8. The van der Waals surface area contributed by atoms with Crippen LogP contribution in [-0.4, -0.2) is 29.9 Å². The third kappa shape index (κ3) is 2.87. The molecule has 0 heterocycles. The second-order valence-corrected chi connectivity index (χ2v) is 6.35. The summed E-state index contributed by atoms with van der Waals surface area (Å²) in [5.74, 6) is 0.417. The Morgan fingerprint density at radius 3 is 2.39 bits per heavy atom. The van der Waals surface area contributed by atoms with Crippen molar-refractivity contribution in [1.29, 1.82) is 0 Å². The first kappa shape index (κ1) is 13.9. The predicted octanol–water partition coefficient (Wildman–Crippen LogP) is 2.69. The van der Waals surface area contributed by atoms with Gasteiger partial charge in [-0.25, -0.2) is 0 Å². The van der Waals surface area contributed by atoms with E-state index in [0.29, 0.717) is 18.5 Å². The second kappa shape index (κ2) is 6.05. The average molecular weight is 252 g/mol. The van der Waals surface area contributed by atoms with Gasteiger partial charge in [0.1, 0.15) is 0 Å². The number of amides is 1. The molecule has 0 spiro atoms. The number of nitrogens with zero attached hydrogens (tertiary/aromatic N) is 1. The van der Waals surface area contributed by atoms with Crippen LogP contribution in [-0.2, 0) is 4.79 Å². The number of hydrogen-bond acceptors (Lipinski definition) is 2. The van der Waals surface area contributed by atoms with Gasteiger partial charge < -0.3 is 10.6 Å². The van der Waals surface area contributed by atoms with Crippen LogP contribution in [0.15, 0.2) is 0 Å². The lowest BCUT2D eigenvalue weighted by atomic mass is 9.74. The van der Waals surface area contributed by atoms with Crippen LogP contribution >= 0.6 is 0 Å². The molecule has 0 aliphatic heterocycles. The van der Waals surface area contributed by atoms with E-state index < -0.39 is 0 Å². The van der Waals surface area contributed by atoms with Crippen LogP contribution in [0.1, 0.15) is 64.7 Å². The van der Waals surface area contributed by atoms with Crippen LogP contribution in [0.3, 0.4) is 0 Å². The summed E-state index contributed by atoms with van der Waals surface area (Å²) in [6, 6.07) is 0.516. The second-order valence-electron chi connectivity index (χ2n) is 6.35. The highest BCUT2D eigenvalue weighted by Gasteiger charge is 2.40. The fourth-order valence-corrected chi connectivity index (χ4v) is 3.30. The number of rotatable bonds is 5. The topological polar surface area (TPSA) is 46.3 Å². The lowest BCUT2D eigenvalue weighted by Gasteiger charge is -2.44. The number of carbonyl (C=O) groups is 1. The van der Waals surface area contributed by atoms with E-state index in [-0.39, 0.29) is 5.41 Å². The highest BCUT2D eigenvalue weighted by Crippen LogP contribution is 2.39. The minimum absolute atomic E-state index is 0.0809. The van der Waals surface area contributed by atoms with Gasteiger partial charge in [-0.3, -0.25) is 4.79 Å². The van der Waals surface area contributed by atoms with Crippen molar-refractivity contribution in [3.05, 3.63) is 0 Å². The van der Waals surface area contributed by atoms with E-state index in [0.717, 1.165) is 25.8 Å². The Morgan fingerprint density at radius 2 is 1.89 bits per heavy atom. The molecular formula is C15H28N2O. The molecule has 2 saturated carbocycles. The summed E-state index contributed by atoms with van der Waals surface area (Å²) in [4.78, 5) is 15.0. The lowest BCUT2D eigenvalue weighted by molar-refractivity contribution is -0.147. The molecule has 0 saturated heterocycles. The summed E-state index contributed by atoms with van der Waals surface area (Å²) in [5, 5.41) is 0. The molecule has 0 aromatic carbocycles. The first-order chi connectivity index (χ1) is 8.67. The van der Waals surface area contributed by atoms with Crippen LogP contribution in [0.2, 0.25) is 0 Å². The van der Waals surface area contributed by atoms with Gasteiger partial charge in [0.05, 0.1) is 0 Å². The molecule has 3 nitrogen and oxygen atoms in total. The van der Waals surface area contributed by atoms with Gasteiger partial charge in [-0.15, -0.1) is 0 Å². The fraction of sp³-hybridized carbons (Fsp3) is 0.933. The van der Waals surface area contributed by atoms with Crippen molar-refractivity contribution in [3.63, 3.8) is 0 Å². The van der Waals surface area contributed by atoms with Gasteiger partial charge in [0.25, 0.3) is 0 Å². The van der Waals surface area contributed by atoms with Crippen molar-refractivity contribution in [3.8, 4) is 0 Å². The fourth-order valence-electron chi connectivity index (χ4n) is 3.30. The summed E-state index contributed by atoms with van der Waals surface area (Å²) < 4.78 is 0. The third-order valence-electron chi connectivity index (χ3n) is 4.85. The summed E-state index contributed by atoms with van der Waals surface area (Å²) >= 11 is 0. The minimum atomic E-state index is -0.0809. The number of carbonyl (C=O) groups excluding carboxylic acids is 1. The molecule has 104 valence electrons. The standard InChI is InChI=1S/C15H28N2O/c1-15(9-3-2-4-10-15)14(18)17(12-6-11-16)13-7-5-8-13/h13H,2-12,16H2,1H3. The first-order valence-corrected chi connectivity index (χ1v) is 7.68. The minimum Gasteiger partial charge on any atom is -0.339 e. The van der Waals surface area contributed by atoms with Gasteiger partial charge in [0.15, 0.2) is 0 Å². The molecule has 2 rings (SSSR count).